The normalized spacial score (nSPS) is 24.8. The second kappa shape index (κ2) is 7.45. The Balaban J connectivity index is 1.91. The van der Waals surface area contributed by atoms with Gasteiger partial charge >= 0.3 is 0 Å². The van der Waals surface area contributed by atoms with Gasteiger partial charge in [-0.15, -0.1) is 0 Å². The largest absolute Gasteiger partial charge is 0.388 e. The predicted molar refractivity (Wildman–Crippen MR) is 103 cm³/mol. The molecule has 3 aromatic carbocycles. The number of hydrogen-bond donors (Lipinski definition) is 1. The summed E-state index contributed by atoms with van der Waals surface area (Å²) >= 11 is 0. The van der Waals surface area contributed by atoms with E-state index in [1.165, 1.54) is 5.56 Å². The first-order valence-corrected chi connectivity index (χ1v) is 8.96. The molecule has 0 bridgehead atoms. The number of rotatable bonds is 4. The van der Waals surface area contributed by atoms with Gasteiger partial charge in [0.1, 0.15) is 6.61 Å². The molecule has 4 rings (SSSR count). The lowest BCUT2D eigenvalue weighted by Gasteiger charge is -2.42. The quantitative estimate of drug-likeness (QED) is 0.727. The number of fused-ring (bicyclic) bond motifs is 1. The van der Waals surface area contributed by atoms with Crippen molar-refractivity contribution in [1.82, 2.24) is 0 Å². The van der Waals surface area contributed by atoms with Gasteiger partial charge in [-0.3, -0.25) is 0 Å². The van der Waals surface area contributed by atoms with Crippen molar-refractivity contribution in [3.05, 3.63) is 114 Å². The molecule has 1 aliphatic rings. The zero-order valence-corrected chi connectivity index (χ0v) is 14.7. The molecule has 0 amide bonds. The van der Waals surface area contributed by atoms with E-state index in [1.807, 2.05) is 42.5 Å². The first kappa shape index (κ1) is 17.0. The van der Waals surface area contributed by atoms with Gasteiger partial charge in [0.25, 0.3) is 0 Å². The fourth-order valence-corrected chi connectivity index (χ4v) is 4.24. The maximum Gasteiger partial charge on any atom is 0.136 e. The highest BCUT2D eigenvalue weighted by Gasteiger charge is 2.43. The van der Waals surface area contributed by atoms with Gasteiger partial charge in [-0.1, -0.05) is 84.9 Å². The minimum absolute atomic E-state index is 0.0842. The van der Waals surface area contributed by atoms with E-state index < -0.39 is 6.10 Å². The molecule has 0 saturated heterocycles. The third-order valence-corrected chi connectivity index (χ3v) is 5.33. The van der Waals surface area contributed by atoms with Gasteiger partial charge in [0.15, 0.2) is 0 Å². The number of aliphatic hydroxyl groups is 1. The number of aliphatic hydroxyl groups excluding tert-OH is 1. The monoisotopic (exact) mass is 342 g/mol. The molecule has 1 N–H and O–H groups in total. The molecule has 0 unspecified atom stereocenters. The molecule has 0 aromatic heterocycles. The van der Waals surface area contributed by atoms with Gasteiger partial charge < -0.3 is 9.84 Å². The fourth-order valence-electron chi connectivity index (χ4n) is 4.24. The van der Waals surface area contributed by atoms with Crippen LogP contribution in [0.2, 0.25) is 0 Å². The van der Waals surface area contributed by atoms with E-state index in [2.05, 4.69) is 49.1 Å². The van der Waals surface area contributed by atoms with Crippen LogP contribution in [0.1, 0.15) is 40.2 Å². The summed E-state index contributed by atoms with van der Waals surface area (Å²) < 4.78 is 5.39. The van der Waals surface area contributed by atoms with Crippen molar-refractivity contribution in [2.24, 2.45) is 5.92 Å². The fraction of sp³-hybridized carbons (Fsp3) is 0.208. The standard InChI is InChI=1S/C24H22O2/c1-26-16-21-22(17-10-4-2-5-11-17)19-14-8-9-15-20(19)24(25)23(21)18-12-6-3-7-13-18/h2-15,21-25H,1H3/t21-,22+,23-,24-/m1/s1. The molecule has 0 spiro atoms. The Hall–Kier alpha value is -2.42. The minimum Gasteiger partial charge on any atom is -0.388 e. The van der Waals surface area contributed by atoms with Crippen LogP contribution in [0.4, 0.5) is 0 Å². The van der Waals surface area contributed by atoms with E-state index in [-0.39, 0.29) is 17.8 Å². The Labute approximate surface area is 155 Å². The van der Waals surface area contributed by atoms with Gasteiger partial charge in [0.05, 0.1) is 6.10 Å². The molecule has 2 radical (unpaired) electrons. The molecular weight excluding hydrogens is 320 g/mol. The van der Waals surface area contributed by atoms with Crippen molar-refractivity contribution in [3.63, 3.8) is 0 Å². The third kappa shape index (κ3) is 2.96. The zero-order chi connectivity index (χ0) is 17.9. The molecule has 4 atom stereocenters. The summed E-state index contributed by atoms with van der Waals surface area (Å²) in [5.41, 5.74) is 4.45. The smallest absolute Gasteiger partial charge is 0.136 e. The lowest BCUT2D eigenvalue weighted by Crippen LogP contribution is -2.33. The van der Waals surface area contributed by atoms with Crippen LogP contribution in [0.5, 0.6) is 0 Å². The van der Waals surface area contributed by atoms with Gasteiger partial charge in [0.2, 0.25) is 0 Å². The Bertz CT molecular complexity index is 844. The maximum absolute atomic E-state index is 11.2. The lowest BCUT2D eigenvalue weighted by molar-refractivity contribution is 0.0804. The van der Waals surface area contributed by atoms with Crippen LogP contribution in [0, 0.1) is 12.5 Å². The molecular formula is C24H22O2. The summed E-state index contributed by atoms with van der Waals surface area (Å²) in [5.74, 6) is -0.119. The summed E-state index contributed by atoms with van der Waals surface area (Å²) in [5, 5.41) is 11.2. The maximum atomic E-state index is 11.2. The summed E-state index contributed by atoms with van der Waals surface area (Å²) in [6.07, 6.45) is -0.596. The van der Waals surface area contributed by atoms with Gasteiger partial charge in [-0.25, -0.2) is 0 Å². The molecule has 2 nitrogen and oxygen atoms in total. The lowest BCUT2D eigenvalue weighted by atomic mass is 9.63. The van der Waals surface area contributed by atoms with Crippen LogP contribution in [0.25, 0.3) is 0 Å². The predicted octanol–water partition coefficient (Wildman–Crippen LogP) is 4.95. The number of methoxy groups -OCH3 is 1. The summed E-state index contributed by atoms with van der Waals surface area (Å²) in [6.45, 7) is 3.19. The Morgan fingerprint density at radius 1 is 0.731 bits per heavy atom. The van der Waals surface area contributed by atoms with Crippen molar-refractivity contribution in [1.29, 1.82) is 0 Å². The van der Waals surface area contributed by atoms with Crippen molar-refractivity contribution >= 4 is 0 Å². The highest BCUT2D eigenvalue weighted by Crippen LogP contribution is 2.53. The molecule has 2 heteroatoms. The van der Waals surface area contributed by atoms with Crippen molar-refractivity contribution in [3.8, 4) is 0 Å². The molecule has 130 valence electrons. The highest BCUT2D eigenvalue weighted by molar-refractivity contribution is 5.46. The van der Waals surface area contributed by atoms with Crippen molar-refractivity contribution < 1.29 is 9.84 Å². The molecule has 0 aliphatic heterocycles. The van der Waals surface area contributed by atoms with E-state index in [4.69, 9.17) is 4.74 Å². The Morgan fingerprint density at radius 2 is 1.27 bits per heavy atom. The first-order chi connectivity index (χ1) is 12.8. The third-order valence-electron chi connectivity index (χ3n) is 5.33. The molecule has 0 heterocycles. The number of hydrogen-bond acceptors (Lipinski definition) is 2. The number of benzene rings is 3. The molecule has 26 heavy (non-hydrogen) atoms. The Morgan fingerprint density at radius 3 is 1.88 bits per heavy atom. The van der Waals surface area contributed by atoms with Crippen molar-refractivity contribution in [2.75, 3.05) is 7.11 Å². The minimum atomic E-state index is -0.596. The zero-order valence-electron chi connectivity index (χ0n) is 14.7. The van der Waals surface area contributed by atoms with Crippen LogP contribution in [0.3, 0.4) is 0 Å². The number of ether oxygens (including phenoxy) is 1. The van der Waals surface area contributed by atoms with E-state index in [0.717, 1.165) is 16.7 Å². The summed E-state index contributed by atoms with van der Waals surface area (Å²) in [4.78, 5) is 0. The van der Waals surface area contributed by atoms with Gasteiger partial charge in [0, 0.05) is 24.9 Å². The van der Waals surface area contributed by atoms with Crippen LogP contribution in [-0.2, 0) is 4.74 Å². The van der Waals surface area contributed by atoms with E-state index in [9.17, 15) is 5.11 Å². The van der Waals surface area contributed by atoms with Gasteiger partial charge in [-0.2, -0.15) is 0 Å². The van der Waals surface area contributed by atoms with Crippen LogP contribution >= 0.6 is 0 Å². The summed E-state index contributed by atoms with van der Waals surface area (Å²) in [6, 6.07) is 28.8. The van der Waals surface area contributed by atoms with Gasteiger partial charge in [-0.05, 0) is 22.3 Å². The SMILES string of the molecule is CO[C][C@@H]1[C@@H](c2ccccc2)c2ccccc2[C@@H](O)[C@@H]1c1ccccc1. The second-order valence-electron chi connectivity index (χ2n) is 6.75. The van der Waals surface area contributed by atoms with E-state index in [0.29, 0.717) is 0 Å². The molecule has 0 fully saturated rings. The van der Waals surface area contributed by atoms with Crippen LogP contribution in [-0.4, -0.2) is 12.2 Å². The topological polar surface area (TPSA) is 29.5 Å². The van der Waals surface area contributed by atoms with E-state index in [1.54, 1.807) is 7.11 Å². The second-order valence-corrected chi connectivity index (χ2v) is 6.75. The first-order valence-electron chi connectivity index (χ1n) is 8.96. The molecule has 1 aliphatic carbocycles. The van der Waals surface area contributed by atoms with Crippen LogP contribution in [0.15, 0.2) is 84.9 Å². The average molecular weight is 342 g/mol. The van der Waals surface area contributed by atoms with Crippen molar-refractivity contribution in [2.45, 2.75) is 17.9 Å². The molecule has 0 saturated carbocycles. The average Bonchev–Trinajstić information content (AvgIpc) is 2.70. The highest BCUT2D eigenvalue weighted by atomic mass is 16.5. The van der Waals surface area contributed by atoms with Crippen LogP contribution < -0.4 is 0 Å². The Kier molecular flexibility index (Phi) is 4.87. The summed E-state index contributed by atoms with van der Waals surface area (Å²) in [7, 11) is 1.64. The van der Waals surface area contributed by atoms with E-state index >= 15 is 0 Å². The molecule has 3 aromatic rings.